The van der Waals surface area contributed by atoms with Gasteiger partial charge < -0.3 is 5.73 Å². The highest BCUT2D eigenvalue weighted by atomic mass is 15.3. The van der Waals surface area contributed by atoms with E-state index in [9.17, 15) is 0 Å². The minimum absolute atomic E-state index is 0.457. The monoisotopic (exact) mass is 189 g/mol. The lowest BCUT2D eigenvalue weighted by molar-refractivity contribution is 0.742. The van der Waals surface area contributed by atoms with Crippen molar-refractivity contribution in [1.29, 1.82) is 0 Å². The van der Waals surface area contributed by atoms with Gasteiger partial charge in [-0.2, -0.15) is 5.10 Å². The van der Waals surface area contributed by atoms with Gasteiger partial charge in [0, 0.05) is 18.8 Å². The van der Waals surface area contributed by atoms with Crippen LogP contribution in [0.2, 0.25) is 0 Å². The van der Waals surface area contributed by atoms with E-state index in [1.165, 1.54) is 6.33 Å². The van der Waals surface area contributed by atoms with Crippen LogP contribution in [0, 0.1) is 6.92 Å². The average molecular weight is 189 g/mol. The van der Waals surface area contributed by atoms with Gasteiger partial charge in [0.15, 0.2) is 0 Å². The van der Waals surface area contributed by atoms with Gasteiger partial charge in [0.1, 0.15) is 17.8 Å². The van der Waals surface area contributed by atoms with Gasteiger partial charge in [0.2, 0.25) is 0 Å². The van der Waals surface area contributed by atoms with E-state index in [0.717, 1.165) is 17.1 Å². The molecule has 0 bridgehead atoms. The van der Waals surface area contributed by atoms with E-state index in [2.05, 4.69) is 15.1 Å². The van der Waals surface area contributed by atoms with Crippen LogP contribution in [0.25, 0.3) is 11.4 Å². The third-order valence-corrected chi connectivity index (χ3v) is 2.06. The minimum atomic E-state index is 0.457. The zero-order chi connectivity index (χ0) is 10.1. The maximum Gasteiger partial charge on any atom is 0.127 e. The molecule has 0 saturated carbocycles. The molecule has 0 spiro atoms. The summed E-state index contributed by atoms with van der Waals surface area (Å²) in [6.45, 7) is 1.99. The number of aryl methyl sites for hydroxylation is 2. The van der Waals surface area contributed by atoms with Crippen LogP contribution in [0.4, 0.5) is 5.82 Å². The van der Waals surface area contributed by atoms with Crippen LogP contribution in [0.1, 0.15) is 5.69 Å². The van der Waals surface area contributed by atoms with Crippen LogP contribution in [0.15, 0.2) is 18.5 Å². The first-order chi connectivity index (χ1) is 6.66. The molecule has 0 unspecified atom stereocenters. The summed E-state index contributed by atoms with van der Waals surface area (Å²) in [6.07, 6.45) is 1.44. The first kappa shape index (κ1) is 8.68. The van der Waals surface area contributed by atoms with Crippen molar-refractivity contribution < 1.29 is 0 Å². The predicted molar refractivity (Wildman–Crippen MR) is 53.4 cm³/mol. The Labute approximate surface area is 81.6 Å². The molecule has 0 aliphatic rings. The van der Waals surface area contributed by atoms with Crippen molar-refractivity contribution in [3.8, 4) is 11.4 Å². The molecule has 14 heavy (non-hydrogen) atoms. The molecule has 2 N–H and O–H groups in total. The Morgan fingerprint density at radius 1 is 1.21 bits per heavy atom. The lowest BCUT2D eigenvalue weighted by Crippen LogP contribution is -1.95. The number of anilines is 1. The Kier molecular flexibility index (Phi) is 1.92. The zero-order valence-corrected chi connectivity index (χ0v) is 8.10. The summed E-state index contributed by atoms with van der Waals surface area (Å²) in [5.74, 6) is 0.457. The van der Waals surface area contributed by atoms with Crippen LogP contribution in [-0.4, -0.2) is 19.7 Å². The highest BCUT2D eigenvalue weighted by Crippen LogP contribution is 2.16. The molecule has 0 atom stereocenters. The molecule has 72 valence electrons. The molecule has 2 aromatic rings. The van der Waals surface area contributed by atoms with Crippen molar-refractivity contribution in [1.82, 2.24) is 19.7 Å². The molecule has 5 heteroatoms. The van der Waals surface area contributed by atoms with Crippen LogP contribution in [-0.2, 0) is 7.05 Å². The Morgan fingerprint density at radius 2 is 2.00 bits per heavy atom. The number of nitrogens with two attached hydrogens (primary N) is 1. The Bertz CT molecular complexity index is 440. The van der Waals surface area contributed by atoms with Crippen LogP contribution in [0.5, 0.6) is 0 Å². The topological polar surface area (TPSA) is 69.6 Å². The van der Waals surface area contributed by atoms with E-state index in [1.54, 1.807) is 10.7 Å². The fourth-order valence-electron chi connectivity index (χ4n) is 1.20. The number of nitrogen functional groups attached to an aromatic ring is 1. The van der Waals surface area contributed by atoms with E-state index in [4.69, 9.17) is 5.73 Å². The molecule has 0 saturated heterocycles. The standard InChI is InChI=1S/C9H11N5/c1-6-3-8(13-14(6)2)7-4-9(10)12-5-11-7/h3-5H,1-2H3,(H2,10,11,12). The summed E-state index contributed by atoms with van der Waals surface area (Å²) in [5.41, 5.74) is 8.21. The van der Waals surface area contributed by atoms with E-state index >= 15 is 0 Å². The summed E-state index contributed by atoms with van der Waals surface area (Å²) >= 11 is 0. The van der Waals surface area contributed by atoms with E-state index in [1.807, 2.05) is 20.0 Å². The number of aromatic nitrogens is 4. The van der Waals surface area contributed by atoms with Crippen molar-refractivity contribution >= 4 is 5.82 Å². The zero-order valence-electron chi connectivity index (χ0n) is 8.10. The van der Waals surface area contributed by atoms with E-state index in [-0.39, 0.29) is 0 Å². The normalized spacial score (nSPS) is 10.4. The lowest BCUT2D eigenvalue weighted by Gasteiger charge is -1.95. The lowest BCUT2D eigenvalue weighted by atomic mass is 10.3. The molecular formula is C9H11N5. The highest BCUT2D eigenvalue weighted by Gasteiger charge is 2.05. The smallest absolute Gasteiger partial charge is 0.127 e. The molecule has 0 aliphatic carbocycles. The number of nitrogens with zero attached hydrogens (tertiary/aromatic N) is 4. The molecular weight excluding hydrogens is 178 g/mol. The Hall–Kier alpha value is -1.91. The van der Waals surface area contributed by atoms with Crippen molar-refractivity contribution in [3.05, 3.63) is 24.2 Å². The first-order valence-electron chi connectivity index (χ1n) is 4.25. The van der Waals surface area contributed by atoms with Gasteiger partial charge in [0.25, 0.3) is 0 Å². The molecule has 0 radical (unpaired) electrons. The number of hydrogen-bond donors (Lipinski definition) is 1. The summed E-state index contributed by atoms with van der Waals surface area (Å²) in [4.78, 5) is 7.92. The SMILES string of the molecule is Cc1cc(-c2cc(N)ncn2)nn1C. The maximum absolute atomic E-state index is 5.56. The summed E-state index contributed by atoms with van der Waals surface area (Å²) in [5, 5.41) is 4.29. The van der Waals surface area contributed by atoms with Crippen molar-refractivity contribution in [3.63, 3.8) is 0 Å². The van der Waals surface area contributed by atoms with Gasteiger partial charge in [-0.1, -0.05) is 0 Å². The van der Waals surface area contributed by atoms with Gasteiger partial charge in [-0.15, -0.1) is 0 Å². The van der Waals surface area contributed by atoms with Gasteiger partial charge in [-0.3, -0.25) is 4.68 Å². The molecule has 0 aliphatic heterocycles. The summed E-state index contributed by atoms with van der Waals surface area (Å²) in [6, 6.07) is 3.67. The minimum Gasteiger partial charge on any atom is -0.384 e. The van der Waals surface area contributed by atoms with E-state index in [0.29, 0.717) is 5.82 Å². The fourth-order valence-corrected chi connectivity index (χ4v) is 1.20. The van der Waals surface area contributed by atoms with Crippen LogP contribution >= 0.6 is 0 Å². The fraction of sp³-hybridized carbons (Fsp3) is 0.222. The van der Waals surface area contributed by atoms with Crippen LogP contribution < -0.4 is 5.73 Å². The second-order valence-electron chi connectivity index (χ2n) is 3.12. The molecule has 0 fully saturated rings. The second kappa shape index (κ2) is 3.10. The molecule has 2 aromatic heterocycles. The second-order valence-corrected chi connectivity index (χ2v) is 3.12. The Balaban J connectivity index is 2.49. The van der Waals surface area contributed by atoms with Gasteiger partial charge in [-0.25, -0.2) is 9.97 Å². The quantitative estimate of drug-likeness (QED) is 0.719. The Morgan fingerprint density at radius 3 is 2.57 bits per heavy atom. The van der Waals surface area contributed by atoms with Crippen molar-refractivity contribution in [2.45, 2.75) is 6.92 Å². The molecule has 5 nitrogen and oxygen atoms in total. The molecule has 0 aromatic carbocycles. The maximum atomic E-state index is 5.56. The first-order valence-corrected chi connectivity index (χ1v) is 4.25. The third kappa shape index (κ3) is 1.44. The predicted octanol–water partition coefficient (Wildman–Crippen LogP) is 0.768. The average Bonchev–Trinajstić information content (AvgIpc) is 2.47. The largest absolute Gasteiger partial charge is 0.384 e. The van der Waals surface area contributed by atoms with Gasteiger partial charge in [-0.05, 0) is 13.0 Å². The molecule has 2 rings (SSSR count). The highest BCUT2D eigenvalue weighted by molar-refractivity contribution is 5.57. The molecule has 0 amide bonds. The summed E-state index contributed by atoms with van der Waals surface area (Å²) < 4.78 is 1.80. The van der Waals surface area contributed by atoms with Crippen LogP contribution in [0.3, 0.4) is 0 Å². The van der Waals surface area contributed by atoms with Crippen molar-refractivity contribution in [2.75, 3.05) is 5.73 Å². The third-order valence-electron chi connectivity index (χ3n) is 2.06. The van der Waals surface area contributed by atoms with Gasteiger partial charge in [0.05, 0.1) is 5.69 Å². The number of hydrogen-bond acceptors (Lipinski definition) is 4. The number of rotatable bonds is 1. The summed E-state index contributed by atoms with van der Waals surface area (Å²) in [7, 11) is 1.89. The van der Waals surface area contributed by atoms with Gasteiger partial charge >= 0.3 is 0 Å². The van der Waals surface area contributed by atoms with E-state index < -0.39 is 0 Å². The molecule has 2 heterocycles. The van der Waals surface area contributed by atoms with Crippen molar-refractivity contribution in [2.24, 2.45) is 7.05 Å².